The van der Waals surface area contributed by atoms with E-state index in [1.165, 1.54) is 6.92 Å². The van der Waals surface area contributed by atoms with Crippen LogP contribution in [-0.4, -0.2) is 61.2 Å². The molecule has 1 unspecified atom stereocenters. The van der Waals surface area contributed by atoms with Crippen LogP contribution in [0.5, 0.6) is 5.75 Å². The van der Waals surface area contributed by atoms with Crippen LogP contribution in [0, 0.1) is 0 Å². The van der Waals surface area contributed by atoms with Crippen LogP contribution >= 0.6 is 0 Å². The zero-order valence-corrected chi connectivity index (χ0v) is 11.4. The second kappa shape index (κ2) is 8.32. The number of phenols is 1. The Morgan fingerprint density at radius 2 is 1.67 bits per heavy atom. The normalized spacial score (nSPS) is 11.7. The number of para-hydroxylation sites is 1. The molecule has 0 radical (unpaired) electrons. The third-order valence-electron chi connectivity index (χ3n) is 1.23. The van der Waals surface area contributed by atoms with Gasteiger partial charge in [0, 0.05) is 0 Å². The molecule has 0 aliphatic heterocycles. The molecular formula is C8H15CaNO4S. The molecule has 1 rings (SSSR count). The van der Waals surface area contributed by atoms with Gasteiger partial charge >= 0.3 is 37.7 Å². The van der Waals surface area contributed by atoms with Gasteiger partial charge in [0.25, 0.3) is 10.1 Å². The van der Waals surface area contributed by atoms with E-state index in [1.807, 2.05) is 6.07 Å². The zero-order chi connectivity index (χ0) is 11.2. The number of hydrogen-bond donors (Lipinski definition) is 3. The largest absolute Gasteiger partial charge is 2.00 e. The first-order valence-electron chi connectivity index (χ1n) is 3.80. The first kappa shape index (κ1) is 17.5. The molecule has 1 atom stereocenters. The first-order valence-corrected chi connectivity index (χ1v) is 5.30. The third-order valence-corrected chi connectivity index (χ3v) is 2.17. The van der Waals surface area contributed by atoms with Gasteiger partial charge < -0.3 is 13.7 Å². The van der Waals surface area contributed by atoms with Gasteiger partial charge in [-0.1, -0.05) is 18.2 Å². The predicted octanol–water partition coefficient (Wildman–Crippen LogP) is 0.415. The van der Waals surface area contributed by atoms with Crippen molar-refractivity contribution >= 4 is 47.9 Å². The van der Waals surface area contributed by atoms with E-state index in [0.717, 1.165) is 0 Å². The van der Waals surface area contributed by atoms with E-state index in [0.29, 0.717) is 5.75 Å². The fourth-order valence-corrected chi connectivity index (χ4v) is 0.428. The Kier molecular flexibility index (Phi) is 9.73. The number of benzene rings is 1. The average molecular weight is 261 g/mol. The minimum atomic E-state index is -3.96. The Labute approximate surface area is 122 Å². The molecule has 0 heterocycles. The topological polar surface area (TPSA) is 101 Å². The van der Waals surface area contributed by atoms with Crippen molar-refractivity contribution in [3.05, 3.63) is 30.3 Å². The van der Waals surface area contributed by atoms with E-state index >= 15 is 0 Å². The molecule has 5 nitrogen and oxygen atoms in total. The van der Waals surface area contributed by atoms with Crippen LogP contribution in [0.15, 0.2) is 30.3 Å². The summed E-state index contributed by atoms with van der Waals surface area (Å²) < 4.78 is 27.5. The van der Waals surface area contributed by atoms with Crippen molar-refractivity contribution in [3.8, 4) is 5.75 Å². The number of rotatable bonds is 1. The summed E-state index contributed by atoms with van der Waals surface area (Å²) in [5.74, 6) is 0.322. The van der Waals surface area contributed by atoms with Crippen molar-refractivity contribution in [3.63, 3.8) is 0 Å². The Hall–Kier alpha value is 0.150. The molecule has 15 heavy (non-hydrogen) atoms. The number of nitrogens with two attached hydrogens (primary N) is 1. The fraction of sp³-hybridized carbons (Fsp3) is 0.250. The zero-order valence-electron chi connectivity index (χ0n) is 10.4. The van der Waals surface area contributed by atoms with Crippen LogP contribution in [0.25, 0.3) is 0 Å². The molecule has 7 heteroatoms. The summed E-state index contributed by atoms with van der Waals surface area (Å²) in [5.41, 5.74) is 4.73. The molecule has 0 aromatic heterocycles. The van der Waals surface area contributed by atoms with Crippen molar-refractivity contribution in [2.75, 3.05) is 0 Å². The van der Waals surface area contributed by atoms with E-state index in [9.17, 15) is 8.42 Å². The van der Waals surface area contributed by atoms with E-state index in [4.69, 9.17) is 15.4 Å². The fourth-order valence-electron chi connectivity index (χ4n) is 0.428. The molecule has 0 aliphatic carbocycles. The smallest absolute Gasteiger partial charge is 1.00 e. The van der Waals surface area contributed by atoms with Crippen LogP contribution in [0.3, 0.4) is 0 Å². The monoisotopic (exact) mass is 261 g/mol. The average Bonchev–Trinajstić information content (AvgIpc) is 2.04. The quantitative estimate of drug-likeness (QED) is 0.502. The maximum absolute atomic E-state index is 9.76. The van der Waals surface area contributed by atoms with Crippen LogP contribution in [-0.2, 0) is 10.1 Å². The van der Waals surface area contributed by atoms with Gasteiger partial charge in [-0.3, -0.25) is 4.55 Å². The van der Waals surface area contributed by atoms with E-state index in [1.54, 1.807) is 24.3 Å². The Morgan fingerprint density at radius 1 is 1.33 bits per heavy atom. The molecule has 0 aliphatic rings. The van der Waals surface area contributed by atoms with Crippen LogP contribution < -0.4 is 5.73 Å². The summed E-state index contributed by atoms with van der Waals surface area (Å²) in [6.07, 6.45) is 0. The standard InChI is InChI=1S/C6H6O.C2H7NO3S.Ca.2H/c7-6-4-2-1-3-5-6;1-2(3)7(4,5)6;;;/h1-5,7H;2H,3H2,1H3,(H,4,5,6);;;/q;;+2;2*-1. The summed E-state index contributed by atoms with van der Waals surface area (Å²) in [5, 5.41) is 7.46. The Bertz CT molecular complexity index is 361. The molecule has 1 aromatic rings. The van der Waals surface area contributed by atoms with Crippen LogP contribution in [0.1, 0.15) is 9.78 Å². The van der Waals surface area contributed by atoms with Crippen molar-refractivity contribution in [1.29, 1.82) is 0 Å². The molecule has 0 fully saturated rings. The second-order valence-electron chi connectivity index (χ2n) is 2.56. The molecule has 1 aromatic carbocycles. The van der Waals surface area contributed by atoms with Crippen molar-refractivity contribution in [2.45, 2.75) is 12.3 Å². The van der Waals surface area contributed by atoms with Gasteiger partial charge in [-0.15, -0.1) is 0 Å². The molecule has 0 bridgehead atoms. The third kappa shape index (κ3) is 10.4. The van der Waals surface area contributed by atoms with Gasteiger partial charge in [0.2, 0.25) is 0 Å². The minimum Gasteiger partial charge on any atom is -1.00 e. The Balaban J connectivity index is -0.0000000845. The summed E-state index contributed by atoms with van der Waals surface area (Å²) in [7, 11) is -3.96. The van der Waals surface area contributed by atoms with Crippen LogP contribution in [0.4, 0.5) is 0 Å². The SMILES string of the molecule is CC(N)S(=O)(=O)O.Oc1ccccc1.[Ca+2].[H-].[H-]. The van der Waals surface area contributed by atoms with E-state index in [-0.39, 0.29) is 40.6 Å². The molecular weight excluding hydrogens is 246 g/mol. The van der Waals surface area contributed by atoms with Gasteiger partial charge in [-0.05, 0) is 19.1 Å². The molecule has 0 amide bonds. The predicted molar refractivity (Wildman–Crippen MR) is 61.3 cm³/mol. The van der Waals surface area contributed by atoms with Gasteiger partial charge in [-0.25, -0.2) is 0 Å². The Morgan fingerprint density at radius 3 is 1.80 bits per heavy atom. The molecule has 84 valence electrons. The molecule has 0 saturated carbocycles. The van der Waals surface area contributed by atoms with Crippen molar-refractivity contribution < 1.29 is 20.9 Å². The molecule has 0 spiro atoms. The number of phenolic OH excluding ortho intramolecular Hbond substituents is 1. The summed E-state index contributed by atoms with van der Waals surface area (Å²) in [6.45, 7) is 1.19. The van der Waals surface area contributed by atoms with E-state index in [2.05, 4.69) is 0 Å². The minimum absolute atomic E-state index is 0. The van der Waals surface area contributed by atoms with Gasteiger partial charge in [-0.2, -0.15) is 8.42 Å². The van der Waals surface area contributed by atoms with Gasteiger partial charge in [0.15, 0.2) is 0 Å². The molecule has 4 N–H and O–H groups in total. The number of aromatic hydroxyl groups is 1. The summed E-state index contributed by atoms with van der Waals surface area (Å²) >= 11 is 0. The van der Waals surface area contributed by atoms with Crippen molar-refractivity contribution in [1.82, 2.24) is 0 Å². The number of hydrogen-bond acceptors (Lipinski definition) is 4. The maximum atomic E-state index is 9.76. The van der Waals surface area contributed by atoms with Gasteiger partial charge in [0.05, 0.1) is 0 Å². The van der Waals surface area contributed by atoms with E-state index < -0.39 is 15.5 Å². The molecule has 0 saturated heterocycles. The maximum Gasteiger partial charge on any atom is 2.00 e. The van der Waals surface area contributed by atoms with Crippen LogP contribution in [0.2, 0.25) is 0 Å². The summed E-state index contributed by atoms with van der Waals surface area (Å²) in [6, 6.07) is 8.71. The summed E-state index contributed by atoms with van der Waals surface area (Å²) in [4.78, 5) is 0. The van der Waals surface area contributed by atoms with Gasteiger partial charge in [0.1, 0.15) is 11.1 Å². The van der Waals surface area contributed by atoms with Crippen molar-refractivity contribution in [2.24, 2.45) is 5.73 Å². The first-order chi connectivity index (χ1) is 6.34. The second-order valence-corrected chi connectivity index (χ2v) is 4.33.